The highest BCUT2D eigenvalue weighted by atomic mass is 16.7. The summed E-state index contributed by atoms with van der Waals surface area (Å²) in [7, 11) is 0. The van der Waals surface area contributed by atoms with E-state index in [2.05, 4.69) is 12.2 Å². The second-order valence-corrected chi connectivity index (χ2v) is 4.28. The molecular formula is C14H21NO5. The van der Waals surface area contributed by atoms with Gasteiger partial charge in [-0.1, -0.05) is 6.92 Å². The van der Waals surface area contributed by atoms with Crippen molar-refractivity contribution in [2.24, 2.45) is 0 Å². The van der Waals surface area contributed by atoms with Crippen LogP contribution in [0.3, 0.4) is 0 Å². The highest BCUT2D eigenvalue weighted by Gasteiger charge is 2.17. The number of aliphatic hydroxyl groups excluding tert-OH is 1. The molecule has 0 unspecified atom stereocenters. The van der Waals surface area contributed by atoms with E-state index >= 15 is 0 Å². The molecule has 0 bridgehead atoms. The molecule has 6 heteroatoms. The van der Waals surface area contributed by atoms with Gasteiger partial charge in [0.2, 0.25) is 6.79 Å². The van der Waals surface area contributed by atoms with E-state index in [1.54, 1.807) is 0 Å². The van der Waals surface area contributed by atoms with Crippen LogP contribution < -0.4 is 19.5 Å². The summed E-state index contributed by atoms with van der Waals surface area (Å²) < 4.78 is 21.6. The number of rotatable bonds is 9. The Balaban J connectivity index is 1.97. The smallest absolute Gasteiger partial charge is 0.231 e. The molecule has 0 aromatic heterocycles. The van der Waals surface area contributed by atoms with E-state index in [0.29, 0.717) is 32.1 Å². The first-order chi connectivity index (χ1) is 9.85. The fourth-order valence-electron chi connectivity index (χ4n) is 1.87. The van der Waals surface area contributed by atoms with Gasteiger partial charge < -0.3 is 29.4 Å². The highest BCUT2D eigenvalue weighted by Crippen LogP contribution is 2.38. The van der Waals surface area contributed by atoms with Gasteiger partial charge in [-0.05, 0) is 12.6 Å². The molecule has 1 heterocycles. The van der Waals surface area contributed by atoms with E-state index in [-0.39, 0.29) is 13.4 Å². The van der Waals surface area contributed by atoms with E-state index in [1.807, 2.05) is 12.1 Å². The summed E-state index contributed by atoms with van der Waals surface area (Å²) in [5, 5.41) is 11.9. The number of fused-ring (bicyclic) bond motifs is 1. The minimum Gasteiger partial charge on any atom is -0.491 e. The van der Waals surface area contributed by atoms with Crippen molar-refractivity contribution < 1.29 is 24.1 Å². The second-order valence-electron chi connectivity index (χ2n) is 4.28. The van der Waals surface area contributed by atoms with E-state index < -0.39 is 0 Å². The van der Waals surface area contributed by atoms with Crippen LogP contribution in [-0.2, 0) is 11.3 Å². The molecule has 1 aromatic carbocycles. The average Bonchev–Trinajstić information content (AvgIpc) is 2.91. The molecule has 6 nitrogen and oxygen atoms in total. The van der Waals surface area contributed by atoms with Crippen molar-refractivity contribution in [3.8, 4) is 17.2 Å². The highest BCUT2D eigenvalue weighted by molar-refractivity contribution is 5.51. The van der Waals surface area contributed by atoms with Gasteiger partial charge in [-0.3, -0.25) is 0 Å². The molecule has 0 saturated carbocycles. The third-order valence-corrected chi connectivity index (χ3v) is 2.84. The maximum Gasteiger partial charge on any atom is 0.231 e. The lowest BCUT2D eigenvalue weighted by Crippen LogP contribution is -2.14. The van der Waals surface area contributed by atoms with Gasteiger partial charge in [0.25, 0.3) is 0 Å². The van der Waals surface area contributed by atoms with Gasteiger partial charge in [0.1, 0.15) is 12.4 Å². The third-order valence-electron chi connectivity index (χ3n) is 2.84. The second kappa shape index (κ2) is 7.94. The zero-order valence-electron chi connectivity index (χ0n) is 11.7. The third kappa shape index (κ3) is 4.00. The van der Waals surface area contributed by atoms with Crippen molar-refractivity contribution >= 4 is 0 Å². The Labute approximate surface area is 118 Å². The number of aliphatic hydroxyl groups is 1. The van der Waals surface area contributed by atoms with Crippen LogP contribution in [0.1, 0.15) is 12.5 Å². The van der Waals surface area contributed by atoms with Crippen molar-refractivity contribution in [2.45, 2.75) is 13.5 Å². The van der Waals surface area contributed by atoms with Gasteiger partial charge in [-0.25, -0.2) is 0 Å². The van der Waals surface area contributed by atoms with Crippen molar-refractivity contribution in [1.29, 1.82) is 0 Å². The Kier molecular flexibility index (Phi) is 5.91. The molecule has 1 aromatic rings. The van der Waals surface area contributed by atoms with Gasteiger partial charge in [-0.15, -0.1) is 0 Å². The fraction of sp³-hybridized carbons (Fsp3) is 0.571. The molecule has 0 atom stereocenters. The van der Waals surface area contributed by atoms with Gasteiger partial charge in [-0.2, -0.15) is 0 Å². The van der Waals surface area contributed by atoms with Crippen LogP contribution in [0, 0.1) is 0 Å². The van der Waals surface area contributed by atoms with Crippen LogP contribution in [0.4, 0.5) is 0 Å². The molecule has 0 amide bonds. The van der Waals surface area contributed by atoms with Crippen molar-refractivity contribution in [3.63, 3.8) is 0 Å². The molecule has 0 spiro atoms. The molecule has 20 heavy (non-hydrogen) atoms. The summed E-state index contributed by atoms with van der Waals surface area (Å²) in [6.45, 7) is 5.11. The zero-order chi connectivity index (χ0) is 14.2. The molecule has 2 rings (SSSR count). The van der Waals surface area contributed by atoms with Crippen LogP contribution in [0.15, 0.2) is 12.1 Å². The maximum atomic E-state index is 8.63. The Morgan fingerprint density at radius 2 is 2.00 bits per heavy atom. The SMILES string of the molecule is CCNCc1cc2c(cc1OCCOCCO)OCO2. The quantitative estimate of drug-likeness (QED) is 0.657. The lowest BCUT2D eigenvalue weighted by atomic mass is 10.1. The topological polar surface area (TPSA) is 69.2 Å². The maximum absolute atomic E-state index is 8.63. The monoisotopic (exact) mass is 283 g/mol. The zero-order valence-corrected chi connectivity index (χ0v) is 11.7. The van der Waals surface area contributed by atoms with Crippen molar-refractivity contribution in [3.05, 3.63) is 17.7 Å². The Morgan fingerprint density at radius 1 is 1.20 bits per heavy atom. The van der Waals surface area contributed by atoms with Crippen molar-refractivity contribution in [2.75, 3.05) is 39.8 Å². The first-order valence-electron chi connectivity index (χ1n) is 6.79. The van der Waals surface area contributed by atoms with E-state index in [0.717, 1.165) is 23.6 Å². The Hall–Kier alpha value is -1.50. The normalized spacial score (nSPS) is 12.7. The van der Waals surface area contributed by atoms with E-state index in [9.17, 15) is 0 Å². The Morgan fingerprint density at radius 3 is 2.75 bits per heavy atom. The Bertz CT molecular complexity index is 424. The molecule has 0 fully saturated rings. The van der Waals surface area contributed by atoms with Crippen LogP contribution in [0.2, 0.25) is 0 Å². The van der Waals surface area contributed by atoms with Crippen LogP contribution in [-0.4, -0.2) is 44.9 Å². The number of hydrogen-bond acceptors (Lipinski definition) is 6. The first-order valence-corrected chi connectivity index (χ1v) is 6.79. The van der Waals surface area contributed by atoms with Crippen LogP contribution in [0.25, 0.3) is 0 Å². The van der Waals surface area contributed by atoms with Gasteiger partial charge in [0.05, 0.1) is 19.8 Å². The molecular weight excluding hydrogens is 262 g/mol. The minimum absolute atomic E-state index is 0.0235. The summed E-state index contributed by atoms with van der Waals surface area (Å²) in [6.07, 6.45) is 0. The predicted octanol–water partition coefficient (Wildman–Crippen LogP) is 0.912. The van der Waals surface area contributed by atoms with Gasteiger partial charge in [0, 0.05) is 18.2 Å². The number of hydrogen-bond donors (Lipinski definition) is 2. The molecule has 0 aliphatic carbocycles. The lowest BCUT2D eigenvalue weighted by molar-refractivity contribution is 0.0702. The summed E-state index contributed by atoms with van der Waals surface area (Å²) in [5.41, 5.74) is 1.03. The standard InChI is InChI=1S/C14H21NO5/c1-2-15-9-11-7-13-14(20-10-19-13)8-12(11)18-6-5-17-4-3-16/h7-8,15-16H,2-6,9-10H2,1H3. The van der Waals surface area contributed by atoms with E-state index in [1.165, 1.54) is 0 Å². The molecule has 1 aliphatic heterocycles. The summed E-state index contributed by atoms with van der Waals surface area (Å²) in [6, 6.07) is 3.79. The van der Waals surface area contributed by atoms with Crippen LogP contribution >= 0.6 is 0 Å². The average molecular weight is 283 g/mol. The minimum atomic E-state index is 0.0235. The van der Waals surface area contributed by atoms with Gasteiger partial charge >= 0.3 is 0 Å². The molecule has 1 aliphatic rings. The van der Waals surface area contributed by atoms with Crippen molar-refractivity contribution in [1.82, 2.24) is 5.32 Å². The largest absolute Gasteiger partial charge is 0.491 e. The fourth-order valence-corrected chi connectivity index (χ4v) is 1.87. The predicted molar refractivity (Wildman–Crippen MR) is 73.3 cm³/mol. The lowest BCUT2D eigenvalue weighted by Gasteiger charge is -2.13. The number of ether oxygens (including phenoxy) is 4. The summed E-state index contributed by atoms with van der Waals surface area (Å²) >= 11 is 0. The van der Waals surface area contributed by atoms with Crippen LogP contribution in [0.5, 0.6) is 17.2 Å². The molecule has 2 N–H and O–H groups in total. The molecule has 0 radical (unpaired) electrons. The van der Waals surface area contributed by atoms with E-state index in [4.69, 9.17) is 24.1 Å². The summed E-state index contributed by atoms with van der Waals surface area (Å²) in [4.78, 5) is 0. The molecule has 0 saturated heterocycles. The summed E-state index contributed by atoms with van der Waals surface area (Å²) in [5.74, 6) is 2.22. The number of benzene rings is 1. The van der Waals surface area contributed by atoms with Gasteiger partial charge in [0.15, 0.2) is 11.5 Å². The number of nitrogens with one attached hydrogen (secondary N) is 1. The molecule has 112 valence electrons. The first kappa shape index (κ1) is 14.9.